The molecule has 9 heteroatoms. The highest BCUT2D eigenvalue weighted by Gasteiger charge is 2.59. The zero-order chi connectivity index (χ0) is 21.8. The van der Waals surface area contributed by atoms with Crippen molar-refractivity contribution >= 4 is 17.8 Å². The van der Waals surface area contributed by atoms with E-state index in [9.17, 15) is 27.6 Å². The Bertz CT molecular complexity index is 786. The first-order chi connectivity index (χ1) is 13.5. The van der Waals surface area contributed by atoms with Gasteiger partial charge in [-0.25, -0.2) is 0 Å². The molecule has 0 radical (unpaired) electrons. The van der Waals surface area contributed by atoms with E-state index in [1.165, 1.54) is 30.2 Å². The fraction of sp³-hybridized carbons (Fsp3) is 0.450. The number of carbonyl (C=O) groups is 3. The van der Waals surface area contributed by atoms with Crippen molar-refractivity contribution in [1.29, 1.82) is 0 Å². The van der Waals surface area contributed by atoms with Gasteiger partial charge in [-0.2, -0.15) is 13.2 Å². The number of benzene rings is 1. The number of halogens is 3. The van der Waals surface area contributed by atoms with Gasteiger partial charge in [-0.1, -0.05) is 24.3 Å². The van der Waals surface area contributed by atoms with E-state index in [-0.39, 0.29) is 18.4 Å². The molecule has 3 rings (SSSR count). The summed E-state index contributed by atoms with van der Waals surface area (Å²) in [5.41, 5.74) is -0.488. The second-order valence-corrected chi connectivity index (χ2v) is 6.89. The average molecular weight is 412 g/mol. The van der Waals surface area contributed by atoms with Gasteiger partial charge in [0.25, 0.3) is 0 Å². The van der Waals surface area contributed by atoms with Gasteiger partial charge in [0.1, 0.15) is 12.1 Å². The third-order valence-electron chi connectivity index (χ3n) is 4.89. The van der Waals surface area contributed by atoms with E-state index < -0.39 is 23.2 Å². The summed E-state index contributed by atoms with van der Waals surface area (Å²) < 4.78 is 40.3. The standard InChI is InChI=1S/C12H16N2O4.C8H7F3/c1-3-9(15)14-7-6-13(8-10(16)18-2)11(17)12(14)4-5-12;1-6-2-4-7(5-3-6)8(9,10)11/h3H,1,4-8H2,2H3;2-5H,1H3. The molecule has 1 aromatic carbocycles. The summed E-state index contributed by atoms with van der Waals surface area (Å²) >= 11 is 0. The molecule has 0 unspecified atom stereocenters. The van der Waals surface area contributed by atoms with Gasteiger partial charge >= 0.3 is 12.1 Å². The number of carbonyl (C=O) groups excluding carboxylic acids is 3. The van der Waals surface area contributed by atoms with Crippen LogP contribution in [0.3, 0.4) is 0 Å². The quantitative estimate of drug-likeness (QED) is 0.565. The van der Waals surface area contributed by atoms with E-state index >= 15 is 0 Å². The number of hydrogen-bond acceptors (Lipinski definition) is 4. The van der Waals surface area contributed by atoms with Crippen LogP contribution in [-0.2, 0) is 25.3 Å². The minimum Gasteiger partial charge on any atom is -0.468 e. The Morgan fingerprint density at radius 3 is 2.24 bits per heavy atom. The summed E-state index contributed by atoms with van der Waals surface area (Å²) in [5, 5.41) is 0. The van der Waals surface area contributed by atoms with E-state index in [2.05, 4.69) is 11.3 Å². The number of methoxy groups -OCH3 is 1. The normalized spacial score (nSPS) is 17.3. The Balaban J connectivity index is 0.000000234. The van der Waals surface area contributed by atoms with Crippen molar-refractivity contribution in [1.82, 2.24) is 9.80 Å². The molecule has 0 atom stereocenters. The number of piperazine rings is 1. The van der Waals surface area contributed by atoms with Gasteiger partial charge in [0.2, 0.25) is 11.8 Å². The summed E-state index contributed by atoms with van der Waals surface area (Å²) in [7, 11) is 1.29. The Labute approximate surface area is 166 Å². The predicted molar refractivity (Wildman–Crippen MR) is 98.7 cm³/mol. The molecule has 158 valence electrons. The first kappa shape index (κ1) is 22.4. The Hall–Kier alpha value is -2.84. The van der Waals surface area contributed by atoms with E-state index in [1.54, 1.807) is 11.8 Å². The largest absolute Gasteiger partial charge is 0.468 e. The highest BCUT2D eigenvalue weighted by Crippen LogP contribution is 2.45. The van der Waals surface area contributed by atoms with Crippen LogP contribution in [0.15, 0.2) is 36.9 Å². The van der Waals surface area contributed by atoms with Crippen molar-refractivity contribution in [3.63, 3.8) is 0 Å². The molecule has 0 aromatic heterocycles. The highest BCUT2D eigenvalue weighted by atomic mass is 19.4. The van der Waals surface area contributed by atoms with Crippen LogP contribution < -0.4 is 0 Å². The third-order valence-corrected chi connectivity index (χ3v) is 4.89. The van der Waals surface area contributed by atoms with Gasteiger partial charge in [0.15, 0.2) is 0 Å². The van der Waals surface area contributed by atoms with E-state index in [0.29, 0.717) is 25.9 Å². The van der Waals surface area contributed by atoms with Gasteiger partial charge in [-0.05, 0) is 38.0 Å². The number of alkyl halides is 3. The summed E-state index contributed by atoms with van der Waals surface area (Å²) in [5.74, 6) is -0.824. The van der Waals surface area contributed by atoms with Crippen molar-refractivity contribution in [2.75, 3.05) is 26.7 Å². The molecule has 29 heavy (non-hydrogen) atoms. The lowest BCUT2D eigenvalue weighted by Crippen LogP contribution is -2.61. The average Bonchev–Trinajstić information content (AvgIpc) is 3.46. The molecular weight excluding hydrogens is 389 g/mol. The number of ether oxygens (including phenoxy) is 1. The number of rotatable bonds is 3. The molecule has 1 spiro atoms. The highest BCUT2D eigenvalue weighted by molar-refractivity contribution is 5.99. The molecular formula is C20H23F3N2O4. The third kappa shape index (κ3) is 5.16. The molecule has 1 aliphatic heterocycles. The van der Waals surface area contributed by atoms with Gasteiger partial charge in [0, 0.05) is 13.1 Å². The zero-order valence-corrected chi connectivity index (χ0v) is 16.3. The van der Waals surface area contributed by atoms with Crippen LogP contribution in [-0.4, -0.2) is 59.9 Å². The van der Waals surface area contributed by atoms with Crippen LogP contribution in [0.1, 0.15) is 24.0 Å². The second kappa shape index (κ2) is 8.67. The van der Waals surface area contributed by atoms with Crippen LogP contribution in [0.5, 0.6) is 0 Å². The van der Waals surface area contributed by atoms with Crippen LogP contribution in [0.4, 0.5) is 13.2 Å². The SMILES string of the molecule is C=CC(=O)N1CCN(CC(=O)OC)C(=O)C12CC2.Cc1ccc(C(F)(F)F)cc1. The van der Waals surface area contributed by atoms with E-state index in [0.717, 1.165) is 17.7 Å². The fourth-order valence-electron chi connectivity index (χ4n) is 3.09. The predicted octanol–water partition coefficient (Wildman–Crippen LogP) is 2.56. The summed E-state index contributed by atoms with van der Waals surface area (Å²) in [6.07, 6.45) is -1.68. The topological polar surface area (TPSA) is 66.9 Å². The van der Waals surface area contributed by atoms with Crippen molar-refractivity contribution in [2.24, 2.45) is 0 Å². The minimum atomic E-state index is -4.21. The molecule has 1 saturated heterocycles. The number of nitrogens with zero attached hydrogens (tertiary/aromatic N) is 2. The molecule has 1 heterocycles. The smallest absolute Gasteiger partial charge is 0.416 e. The van der Waals surface area contributed by atoms with Crippen molar-refractivity contribution < 1.29 is 32.3 Å². The number of hydrogen-bond donors (Lipinski definition) is 0. The van der Waals surface area contributed by atoms with Crippen LogP contribution in [0.25, 0.3) is 0 Å². The number of aryl methyl sites for hydroxylation is 1. The molecule has 2 aliphatic rings. The molecule has 2 fully saturated rings. The fourth-order valence-corrected chi connectivity index (χ4v) is 3.09. The first-order valence-corrected chi connectivity index (χ1v) is 8.99. The summed E-state index contributed by atoms with van der Waals surface area (Å²) in [6.45, 7) is 5.94. The summed E-state index contributed by atoms with van der Waals surface area (Å²) in [4.78, 5) is 38.2. The summed E-state index contributed by atoms with van der Waals surface area (Å²) in [6, 6.07) is 5.05. The van der Waals surface area contributed by atoms with Crippen LogP contribution in [0.2, 0.25) is 0 Å². The van der Waals surface area contributed by atoms with Crippen LogP contribution in [0, 0.1) is 6.92 Å². The molecule has 0 bridgehead atoms. The zero-order valence-electron chi connectivity index (χ0n) is 16.3. The molecule has 2 amide bonds. The van der Waals surface area contributed by atoms with E-state index in [4.69, 9.17) is 0 Å². The maximum Gasteiger partial charge on any atom is 0.416 e. The van der Waals surface area contributed by atoms with Crippen molar-refractivity contribution in [2.45, 2.75) is 31.5 Å². The Morgan fingerprint density at radius 2 is 1.79 bits per heavy atom. The lowest BCUT2D eigenvalue weighted by Gasteiger charge is -2.40. The molecule has 1 saturated carbocycles. The number of esters is 1. The second-order valence-electron chi connectivity index (χ2n) is 6.89. The monoisotopic (exact) mass is 412 g/mol. The van der Waals surface area contributed by atoms with Crippen molar-refractivity contribution in [3.05, 3.63) is 48.0 Å². The minimum absolute atomic E-state index is 0.0484. The van der Waals surface area contributed by atoms with Gasteiger partial charge < -0.3 is 14.5 Å². The molecule has 1 aliphatic carbocycles. The molecule has 6 nitrogen and oxygen atoms in total. The van der Waals surface area contributed by atoms with Crippen molar-refractivity contribution in [3.8, 4) is 0 Å². The van der Waals surface area contributed by atoms with Crippen LogP contribution >= 0.6 is 0 Å². The molecule has 1 aromatic rings. The first-order valence-electron chi connectivity index (χ1n) is 8.99. The lowest BCUT2D eigenvalue weighted by atomic mass is 10.1. The van der Waals surface area contributed by atoms with Gasteiger partial charge in [0.05, 0.1) is 12.7 Å². The Morgan fingerprint density at radius 1 is 1.21 bits per heavy atom. The van der Waals surface area contributed by atoms with Gasteiger partial charge in [-0.3, -0.25) is 14.4 Å². The number of amides is 2. The van der Waals surface area contributed by atoms with Gasteiger partial charge in [-0.15, -0.1) is 0 Å². The lowest BCUT2D eigenvalue weighted by molar-refractivity contribution is -0.156. The van der Waals surface area contributed by atoms with E-state index in [1.807, 2.05) is 0 Å². The Kier molecular flexibility index (Phi) is 6.71. The maximum atomic E-state index is 12.3. The maximum absolute atomic E-state index is 12.3. The molecule has 0 N–H and O–H groups in total.